The van der Waals surface area contributed by atoms with Gasteiger partial charge in [-0.3, -0.25) is 4.79 Å². The first kappa shape index (κ1) is 16.5. The Morgan fingerprint density at radius 3 is 2.45 bits per heavy atom. The molecular formula is C16H15Cl2NO3. The van der Waals surface area contributed by atoms with E-state index in [0.29, 0.717) is 34.7 Å². The largest absolute Gasteiger partial charge is 0.492 e. The Labute approximate surface area is 138 Å². The zero-order valence-corrected chi connectivity index (χ0v) is 13.2. The minimum Gasteiger partial charge on any atom is -0.492 e. The lowest BCUT2D eigenvalue weighted by atomic mass is 10.3. The molecule has 2 aromatic carbocycles. The Hall–Kier alpha value is -1.91. The zero-order chi connectivity index (χ0) is 15.8. The zero-order valence-electron chi connectivity index (χ0n) is 11.7. The third-order valence-corrected chi connectivity index (χ3v) is 3.27. The molecule has 1 N–H and O–H groups in total. The van der Waals surface area contributed by atoms with E-state index in [2.05, 4.69) is 5.32 Å². The SMILES string of the molecule is O=C(COc1ccccc1Cl)NCCOc1ccc(Cl)cc1. The maximum Gasteiger partial charge on any atom is 0.258 e. The molecule has 0 fully saturated rings. The highest BCUT2D eigenvalue weighted by molar-refractivity contribution is 6.32. The van der Waals surface area contributed by atoms with Crippen molar-refractivity contribution in [3.8, 4) is 11.5 Å². The van der Waals surface area contributed by atoms with Crippen molar-refractivity contribution >= 4 is 29.1 Å². The molecule has 2 rings (SSSR count). The molecule has 1 amide bonds. The van der Waals surface area contributed by atoms with E-state index in [1.807, 2.05) is 0 Å². The van der Waals surface area contributed by atoms with Gasteiger partial charge in [-0.15, -0.1) is 0 Å². The summed E-state index contributed by atoms with van der Waals surface area (Å²) in [4.78, 5) is 11.6. The van der Waals surface area contributed by atoms with Gasteiger partial charge in [-0.05, 0) is 36.4 Å². The van der Waals surface area contributed by atoms with Crippen molar-refractivity contribution < 1.29 is 14.3 Å². The summed E-state index contributed by atoms with van der Waals surface area (Å²) in [7, 11) is 0. The fourth-order valence-electron chi connectivity index (χ4n) is 1.65. The summed E-state index contributed by atoms with van der Waals surface area (Å²) in [5, 5.41) is 3.82. The summed E-state index contributed by atoms with van der Waals surface area (Å²) in [5.74, 6) is 0.947. The maximum atomic E-state index is 11.6. The van der Waals surface area contributed by atoms with Crippen LogP contribution in [0, 0.1) is 0 Å². The lowest BCUT2D eigenvalue weighted by Crippen LogP contribution is -2.32. The van der Waals surface area contributed by atoms with E-state index in [9.17, 15) is 4.79 Å². The number of hydrogen-bond acceptors (Lipinski definition) is 3. The van der Waals surface area contributed by atoms with Crippen LogP contribution in [0.3, 0.4) is 0 Å². The van der Waals surface area contributed by atoms with Crippen LogP contribution in [0.25, 0.3) is 0 Å². The van der Waals surface area contributed by atoms with E-state index in [-0.39, 0.29) is 12.5 Å². The first-order chi connectivity index (χ1) is 10.6. The summed E-state index contributed by atoms with van der Waals surface area (Å²) in [6.07, 6.45) is 0. The molecule has 0 aliphatic heterocycles. The molecule has 0 aliphatic carbocycles. The van der Waals surface area contributed by atoms with E-state index in [1.54, 1.807) is 48.5 Å². The number of nitrogens with one attached hydrogen (secondary N) is 1. The number of rotatable bonds is 7. The van der Waals surface area contributed by atoms with Gasteiger partial charge < -0.3 is 14.8 Å². The van der Waals surface area contributed by atoms with Crippen LogP contribution in [0.2, 0.25) is 10.0 Å². The van der Waals surface area contributed by atoms with Crippen molar-refractivity contribution in [3.05, 3.63) is 58.6 Å². The normalized spacial score (nSPS) is 10.1. The molecule has 0 radical (unpaired) electrons. The van der Waals surface area contributed by atoms with Gasteiger partial charge in [-0.1, -0.05) is 35.3 Å². The van der Waals surface area contributed by atoms with Gasteiger partial charge in [0.1, 0.15) is 18.1 Å². The highest BCUT2D eigenvalue weighted by Gasteiger charge is 2.04. The highest BCUT2D eigenvalue weighted by Crippen LogP contribution is 2.22. The van der Waals surface area contributed by atoms with Crippen molar-refractivity contribution in [2.45, 2.75) is 0 Å². The number of carbonyl (C=O) groups excluding carboxylic acids is 1. The molecule has 0 heterocycles. The Morgan fingerprint density at radius 1 is 1.00 bits per heavy atom. The molecule has 0 saturated carbocycles. The third-order valence-electron chi connectivity index (χ3n) is 2.70. The van der Waals surface area contributed by atoms with Crippen molar-refractivity contribution in [3.63, 3.8) is 0 Å². The van der Waals surface area contributed by atoms with Crippen LogP contribution < -0.4 is 14.8 Å². The minimum absolute atomic E-state index is 0.0926. The average molecular weight is 340 g/mol. The maximum absolute atomic E-state index is 11.6. The lowest BCUT2D eigenvalue weighted by molar-refractivity contribution is -0.123. The second-order valence-electron chi connectivity index (χ2n) is 4.37. The average Bonchev–Trinajstić information content (AvgIpc) is 2.52. The Bertz CT molecular complexity index is 617. The Kier molecular flexibility index (Phi) is 6.37. The number of amides is 1. The number of benzene rings is 2. The van der Waals surface area contributed by atoms with Gasteiger partial charge in [-0.2, -0.15) is 0 Å². The van der Waals surface area contributed by atoms with Crippen LogP contribution in [0.1, 0.15) is 0 Å². The summed E-state index contributed by atoms with van der Waals surface area (Å²) in [6.45, 7) is 0.650. The first-order valence-electron chi connectivity index (χ1n) is 6.67. The summed E-state index contributed by atoms with van der Waals surface area (Å²) < 4.78 is 10.8. The van der Waals surface area contributed by atoms with Gasteiger partial charge in [0.05, 0.1) is 11.6 Å². The number of para-hydroxylation sites is 1. The fourth-order valence-corrected chi connectivity index (χ4v) is 1.96. The summed E-state index contributed by atoms with van der Waals surface area (Å²) >= 11 is 11.7. The number of carbonyl (C=O) groups is 1. The van der Waals surface area contributed by atoms with Crippen molar-refractivity contribution in [1.29, 1.82) is 0 Å². The molecule has 0 spiro atoms. The Balaban J connectivity index is 1.64. The van der Waals surface area contributed by atoms with Crippen molar-refractivity contribution in [2.75, 3.05) is 19.8 Å². The van der Waals surface area contributed by atoms with E-state index in [1.165, 1.54) is 0 Å². The lowest BCUT2D eigenvalue weighted by Gasteiger charge is -2.09. The molecule has 0 atom stereocenters. The molecular weight excluding hydrogens is 325 g/mol. The highest BCUT2D eigenvalue weighted by atomic mass is 35.5. The second-order valence-corrected chi connectivity index (χ2v) is 5.22. The van der Waals surface area contributed by atoms with Gasteiger partial charge in [-0.25, -0.2) is 0 Å². The third kappa shape index (κ3) is 5.47. The van der Waals surface area contributed by atoms with Crippen LogP contribution in [0.4, 0.5) is 0 Å². The van der Waals surface area contributed by atoms with Gasteiger partial charge >= 0.3 is 0 Å². The topological polar surface area (TPSA) is 47.6 Å². The molecule has 6 heteroatoms. The van der Waals surface area contributed by atoms with Crippen LogP contribution in [-0.4, -0.2) is 25.7 Å². The molecule has 22 heavy (non-hydrogen) atoms. The van der Waals surface area contributed by atoms with Gasteiger partial charge in [0.15, 0.2) is 6.61 Å². The number of ether oxygens (including phenoxy) is 2. The predicted octanol–water partition coefficient (Wildman–Crippen LogP) is 3.57. The summed E-state index contributed by atoms with van der Waals surface area (Å²) in [6, 6.07) is 14.0. The van der Waals surface area contributed by atoms with Gasteiger partial charge in [0.2, 0.25) is 0 Å². The summed E-state index contributed by atoms with van der Waals surface area (Å²) in [5.41, 5.74) is 0. The van der Waals surface area contributed by atoms with Crippen LogP contribution >= 0.6 is 23.2 Å². The molecule has 4 nitrogen and oxygen atoms in total. The molecule has 2 aromatic rings. The molecule has 0 aromatic heterocycles. The first-order valence-corrected chi connectivity index (χ1v) is 7.43. The molecule has 0 saturated heterocycles. The van der Waals surface area contributed by atoms with Gasteiger partial charge in [0, 0.05) is 5.02 Å². The smallest absolute Gasteiger partial charge is 0.258 e. The van der Waals surface area contributed by atoms with Crippen molar-refractivity contribution in [2.24, 2.45) is 0 Å². The van der Waals surface area contributed by atoms with Crippen LogP contribution in [-0.2, 0) is 4.79 Å². The minimum atomic E-state index is -0.236. The van der Waals surface area contributed by atoms with Crippen molar-refractivity contribution in [1.82, 2.24) is 5.32 Å². The van der Waals surface area contributed by atoms with E-state index < -0.39 is 0 Å². The molecule has 0 unspecified atom stereocenters. The monoisotopic (exact) mass is 339 g/mol. The van der Waals surface area contributed by atoms with E-state index >= 15 is 0 Å². The van der Waals surface area contributed by atoms with Crippen LogP contribution in [0.5, 0.6) is 11.5 Å². The van der Waals surface area contributed by atoms with Crippen LogP contribution in [0.15, 0.2) is 48.5 Å². The second kappa shape index (κ2) is 8.51. The fraction of sp³-hybridized carbons (Fsp3) is 0.188. The molecule has 0 aliphatic rings. The van der Waals surface area contributed by atoms with E-state index in [4.69, 9.17) is 32.7 Å². The standard InChI is InChI=1S/C16H15Cl2NO3/c17-12-5-7-13(8-6-12)21-10-9-19-16(20)11-22-15-4-2-1-3-14(15)18/h1-8H,9-11H2,(H,19,20). The Morgan fingerprint density at radius 2 is 1.73 bits per heavy atom. The predicted molar refractivity (Wildman–Crippen MR) is 86.9 cm³/mol. The van der Waals surface area contributed by atoms with E-state index in [0.717, 1.165) is 0 Å². The molecule has 116 valence electrons. The molecule has 0 bridgehead atoms. The number of halogens is 2. The number of hydrogen-bond donors (Lipinski definition) is 1. The van der Waals surface area contributed by atoms with Gasteiger partial charge in [0.25, 0.3) is 5.91 Å². The quantitative estimate of drug-likeness (QED) is 0.784.